The summed E-state index contributed by atoms with van der Waals surface area (Å²) in [7, 11) is 0. The molecule has 1 amide bonds. The van der Waals surface area contributed by atoms with Crippen molar-refractivity contribution in [3.8, 4) is 11.4 Å². The van der Waals surface area contributed by atoms with Gasteiger partial charge in [0.1, 0.15) is 5.75 Å². The van der Waals surface area contributed by atoms with Crippen molar-refractivity contribution in [1.82, 2.24) is 25.5 Å². The molecule has 1 aliphatic carbocycles. The minimum atomic E-state index is -0.256. The maximum atomic E-state index is 12.4. The third-order valence-corrected chi connectivity index (χ3v) is 5.22. The highest BCUT2D eigenvalue weighted by molar-refractivity contribution is 8.00. The predicted octanol–water partition coefficient (Wildman–Crippen LogP) is 2.60. The normalized spacial score (nSPS) is 15.9. The quantitative estimate of drug-likeness (QED) is 0.764. The van der Waals surface area contributed by atoms with Crippen LogP contribution in [0.5, 0.6) is 5.75 Å². The lowest BCUT2D eigenvalue weighted by Gasteiger charge is -2.16. The molecule has 25 heavy (non-hydrogen) atoms. The Balaban J connectivity index is 1.65. The molecule has 1 atom stereocenters. The number of rotatable bonds is 7. The molecule has 1 aromatic carbocycles. The zero-order valence-electron chi connectivity index (χ0n) is 14.5. The van der Waals surface area contributed by atoms with Gasteiger partial charge in [-0.1, -0.05) is 24.6 Å². The van der Waals surface area contributed by atoms with Gasteiger partial charge in [-0.05, 0) is 61.4 Å². The number of benzene rings is 1. The summed E-state index contributed by atoms with van der Waals surface area (Å²) < 4.78 is 7.09. The number of carbonyl (C=O) groups is 1. The molecular weight excluding hydrogens is 338 g/mol. The zero-order chi connectivity index (χ0) is 17.6. The first-order chi connectivity index (χ1) is 12.2. The molecule has 1 N–H and O–H groups in total. The van der Waals surface area contributed by atoms with Crippen molar-refractivity contribution >= 4 is 17.7 Å². The second-order valence-corrected chi connectivity index (χ2v) is 7.36. The van der Waals surface area contributed by atoms with Crippen molar-refractivity contribution in [2.45, 2.75) is 56.0 Å². The van der Waals surface area contributed by atoms with Crippen LogP contribution >= 0.6 is 11.8 Å². The molecule has 8 heteroatoms. The second kappa shape index (κ2) is 8.33. The first-order valence-electron chi connectivity index (χ1n) is 8.66. The van der Waals surface area contributed by atoms with E-state index in [0.717, 1.165) is 24.3 Å². The largest absolute Gasteiger partial charge is 0.494 e. The lowest BCUT2D eigenvalue weighted by Crippen LogP contribution is -2.37. The van der Waals surface area contributed by atoms with E-state index >= 15 is 0 Å². The summed E-state index contributed by atoms with van der Waals surface area (Å²) in [6.45, 7) is 4.45. The number of nitrogens with zero attached hydrogens (tertiary/aromatic N) is 4. The Morgan fingerprint density at radius 2 is 2.08 bits per heavy atom. The Labute approximate surface area is 151 Å². The molecule has 0 unspecified atom stereocenters. The van der Waals surface area contributed by atoms with Crippen LogP contribution in [0.2, 0.25) is 0 Å². The molecule has 0 aliphatic heterocycles. The Kier molecular flexibility index (Phi) is 5.91. The minimum Gasteiger partial charge on any atom is -0.494 e. The summed E-state index contributed by atoms with van der Waals surface area (Å²) in [6.07, 6.45) is 4.55. The van der Waals surface area contributed by atoms with Gasteiger partial charge in [-0.2, -0.15) is 4.68 Å². The summed E-state index contributed by atoms with van der Waals surface area (Å²) in [5.41, 5.74) is 0.833. The van der Waals surface area contributed by atoms with Crippen LogP contribution in [-0.2, 0) is 4.79 Å². The highest BCUT2D eigenvalue weighted by Gasteiger charge is 2.23. The third-order valence-electron chi connectivity index (χ3n) is 4.19. The number of nitrogens with one attached hydrogen (secondary N) is 1. The number of thioether (sulfide) groups is 1. The summed E-state index contributed by atoms with van der Waals surface area (Å²) in [4.78, 5) is 12.4. The van der Waals surface area contributed by atoms with E-state index in [-0.39, 0.29) is 11.2 Å². The second-order valence-electron chi connectivity index (χ2n) is 6.05. The molecule has 134 valence electrons. The Hall–Kier alpha value is -2.09. The standard InChI is InChI=1S/C17H23N5O2S/c1-3-24-15-10-8-14(9-11-15)22-17(19-20-21-22)25-12(2)16(23)18-13-6-4-5-7-13/h8-13H,3-7H2,1-2H3,(H,18,23)/t12-/m0/s1. The van der Waals surface area contributed by atoms with E-state index in [9.17, 15) is 4.79 Å². The molecule has 0 radical (unpaired) electrons. The molecular formula is C17H23N5O2S. The van der Waals surface area contributed by atoms with E-state index < -0.39 is 0 Å². The number of ether oxygens (including phenoxy) is 1. The van der Waals surface area contributed by atoms with Gasteiger partial charge in [0.15, 0.2) is 0 Å². The molecule has 3 rings (SSSR count). The van der Waals surface area contributed by atoms with E-state index in [1.54, 1.807) is 4.68 Å². The fraction of sp³-hybridized carbons (Fsp3) is 0.529. The topological polar surface area (TPSA) is 81.9 Å². The summed E-state index contributed by atoms with van der Waals surface area (Å²) in [6, 6.07) is 7.87. The average molecular weight is 361 g/mol. The molecule has 7 nitrogen and oxygen atoms in total. The number of tetrazole rings is 1. The fourth-order valence-corrected chi connectivity index (χ4v) is 3.68. The molecule has 0 saturated heterocycles. The molecule has 1 saturated carbocycles. The Morgan fingerprint density at radius 1 is 1.36 bits per heavy atom. The van der Waals surface area contributed by atoms with Crippen molar-refractivity contribution in [1.29, 1.82) is 0 Å². The van der Waals surface area contributed by atoms with Gasteiger partial charge in [0, 0.05) is 6.04 Å². The van der Waals surface area contributed by atoms with Gasteiger partial charge in [-0.25, -0.2) is 0 Å². The van der Waals surface area contributed by atoms with Gasteiger partial charge in [0.05, 0.1) is 17.5 Å². The number of hydrogen-bond donors (Lipinski definition) is 1. The van der Waals surface area contributed by atoms with Gasteiger partial charge in [0.2, 0.25) is 11.1 Å². The molecule has 1 fully saturated rings. The van der Waals surface area contributed by atoms with Crippen molar-refractivity contribution in [3.63, 3.8) is 0 Å². The van der Waals surface area contributed by atoms with Crippen LogP contribution in [0, 0.1) is 0 Å². The smallest absolute Gasteiger partial charge is 0.233 e. The van der Waals surface area contributed by atoms with E-state index in [4.69, 9.17) is 4.74 Å². The highest BCUT2D eigenvalue weighted by atomic mass is 32.2. The molecule has 2 aromatic rings. The minimum absolute atomic E-state index is 0.0399. The van der Waals surface area contributed by atoms with Crippen molar-refractivity contribution < 1.29 is 9.53 Å². The van der Waals surface area contributed by atoms with Crippen LogP contribution in [-0.4, -0.2) is 44.0 Å². The number of amides is 1. The van der Waals surface area contributed by atoms with Crippen LogP contribution < -0.4 is 10.1 Å². The van der Waals surface area contributed by atoms with Gasteiger partial charge in [-0.3, -0.25) is 4.79 Å². The summed E-state index contributed by atoms with van der Waals surface area (Å²) in [5, 5.41) is 15.3. The fourth-order valence-electron chi connectivity index (χ4n) is 2.87. The first-order valence-corrected chi connectivity index (χ1v) is 9.54. The number of hydrogen-bond acceptors (Lipinski definition) is 6. The summed E-state index contributed by atoms with van der Waals surface area (Å²) in [5.74, 6) is 0.844. The van der Waals surface area contributed by atoms with Crippen LogP contribution in [0.15, 0.2) is 29.4 Å². The number of aromatic nitrogens is 4. The Morgan fingerprint density at radius 3 is 2.76 bits per heavy atom. The predicted molar refractivity (Wildman–Crippen MR) is 96.0 cm³/mol. The molecule has 0 bridgehead atoms. The van der Waals surface area contributed by atoms with Crippen LogP contribution in [0.1, 0.15) is 39.5 Å². The summed E-state index contributed by atoms with van der Waals surface area (Å²) >= 11 is 1.36. The van der Waals surface area contributed by atoms with E-state index in [1.165, 1.54) is 24.6 Å². The van der Waals surface area contributed by atoms with E-state index in [1.807, 2.05) is 38.1 Å². The maximum Gasteiger partial charge on any atom is 0.233 e. The van der Waals surface area contributed by atoms with Crippen molar-refractivity contribution in [3.05, 3.63) is 24.3 Å². The average Bonchev–Trinajstić information content (AvgIpc) is 3.28. The molecule has 1 heterocycles. The zero-order valence-corrected chi connectivity index (χ0v) is 15.3. The SMILES string of the molecule is CCOc1ccc(-n2nnnc2S[C@@H](C)C(=O)NC2CCCC2)cc1. The highest BCUT2D eigenvalue weighted by Crippen LogP contribution is 2.25. The van der Waals surface area contributed by atoms with E-state index in [2.05, 4.69) is 20.8 Å². The van der Waals surface area contributed by atoms with Gasteiger partial charge in [-0.15, -0.1) is 5.10 Å². The molecule has 1 aromatic heterocycles. The van der Waals surface area contributed by atoms with E-state index in [0.29, 0.717) is 17.8 Å². The van der Waals surface area contributed by atoms with Gasteiger partial charge >= 0.3 is 0 Å². The van der Waals surface area contributed by atoms with Crippen molar-refractivity contribution in [2.75, 3.05) is 6.61 Å². The van der Waals surface area contributed by atoms with Gasteiger partial charge < -0.3 is 10.1 Å². The van der Waals surface area contributed by atoms with Crippen LogP contribution in [0.3, 0.4) is 0 Å². The molecule has 0 spiro atoms. The lowest BCUT2D eigenvalue weighted by molar-refractivity contribution is -0.120. The maximum absolute atomic E-state index is 12.4. The number of carbonyl (C=O) groups excluding carboxylic acids is 1. The lowest BCUT2D eigenvalue weighted by atomic mass is 10.2. The van der Waals surface area contributed by atoms with Gasteiger partial charge in [0.25, 0.3) is 0 Å². The van der Waals surface area contributed by atoms with Crippen LogP contribution in [0.25, 0.3) is 5.69 Å². The third kappa shape index (κ3) is 4.50. The molecule has 1 aliphatic rings. The van der Waals surface area contributed by atoms with Crippen LogP contribution in [0.4, 0.5) is 0 Å². The van der Waals surface area contributed by atoms with Crippen molar-refractivity contribution in [2.24, 2.45) is 0 Å². The monoisotopic (exact) mass is 361 g/mol. The first kappa shape index (κ1) is 17.7. The Bertz CT molecular complexity index is 697.